The molecule has 9 heteroatoms. The molecule has 0 unspecified atom stereocenters. The normalized spacial score (nSPS) is 11.2. The molecule has 9 heterocycles. The lowest BCUT2D eigenvalue weighted by Gasteiger charge is -2.08. The zero-order valence-electron chi connectivity index (χ0n) is 46.0. The highest BCUT2D eigenvalue weighted by atomic mass is 32.1. The molecule has 0 fully saturated rings. The Morgan fingerprint density at radius 1 is 0.312 bits per heavy atom. The molecule has 0 atom stereocenters. The van der Waals surface area contributed by atoms with E-state index in [4.69, 9.17) is 9.97 Å². The molecule has 0 saturated carbocycles. The first kappa shape index (κ1) is 56.0. The number of pyridine rings is 4. The van der Waals surface area contributed by atoms with Crippen molar-refractivity contribution in [1.82, 2.24) is 19.9 Å². The molecule has 0 aromatic carbocycles. The number of hydrogen-bond acceptors (Lipinski definition) is 9. The Bertz CT molecular complexity index is 3210. The monoisotopic (exact) mass is 1100 g/mol. The molecule has 0 radical (unpaired) electrons. The summed E-state index contributed by atoms with van der Waals surface area (Å²) in [5, 5.41) is 0. The lowest BCUT2D eigenvalue weighted by molar-refractivity contribution is 0.762. The third kappa shape index (κ3) is 13.7. The van der Waals surface area contributed by atoms with Crippen molar-refractivity contribution in [3.8, 4) is 85.5 Å². The Kier molecular flexibility index (Phi) is 20.5. The van der Waals surface area contributed by atoms with E-state index in [-0.39, 0.29) is 0 Å². The molecule has 394 valence electrons. The third-order valence-electron chi connectivity index (χ3n) is 14.2. The first-order valence-corrected chi connectivity index (χ1v) is 32.5. The van der Waals surface area contributed by atoms with Crippen LogP contribution in [-0.2, 0) is 38.5 Å². The largest absolute Gasteiger partial charge is 0.255 e. The number of hydrogen-bond donors (Lipinski definition) is 0. The third-order valence-corrected chi connectivity index (χ3v) is 20.7. The van der Waals surface area contributed by atoms with Gasteiger partial charge in [-0.15, -0.1) is 56.7 Å². The summed E-state index contributed by atoms with van der Waals surface area (Å²) in [6, 6.07) is 29.9. The van der Waals surface area contributed by atoms with Crippen LogP contribution >= 0.6 is 56.7 Å². The molecular formula is C68H72N4S5. The fraction of sp³-hybridized carbons (Fsp3) is 0.353. The predicted molar refractivity (Wildman–Crippen MR) is 336 cm³/mol. The van der Waals surface area contributed by atoms with E-state index < -0.39 is 0 Å². The number of nitrogens with zero attached hydrogens (tertiary/aromatic N) is 4. The van der Waals surface area contributed by atoms with Gasteiger partial charge in [0.2, 0.25) is 0 Å². The van der Waals surface area contributed by atoms with Gasteiger partial charge in [-0.3, -0.25) is 19.9 Å². The topological polar surface area (TPSA) is 51.6 Å². The molecule has 0 spiro atoms. The van der Waals surface area contributed by atoms with Crippen LogP contribution in [0.2, 0.25) is 0 Å². The summed E-state index contributed by atoms with van der Waals surface area (Å²) in [7, 11) is 0. The maximum atomic E-state index is 4.74. The molecular weight excluding hydrogens is 1030 g/mol. The van der Waals surface area contributed by atoms with E-state index in [1.54, 1.807) is 11.1 Å². The molecule has 0 saturated heterocycles. The van der Waals surface area contributed by atoms with E-state index in [0.717, 1.165) is 98.1 Å². The highest BCUT2D eigenvalue weighted by molar-refractivity contribution is 7.30. The molecule has 0 N–H and O–H groups in total. The number of rotatable bonds is 24. The molecule has 9 aromatic rings. The second-order valence-electron chi connectivity index (χ2n) is 19.9. The molecule has 9 rings (SSSR count). The summed E-state index contributed by atoms with van der Waals surface area (Å²) < 4.78 is 0. The van der Waals surface area contributed by atoms with Crippen molar-refractivity contribution in [3.05, 3.63) is 164 Å². The lowest BCUT2D eigenvalue weighted by atomic mass is 9.97. The van der Waals surface area contributed by atoms with Crippen LogP contribution in [0, 0.1) is 23.7 Å². The van der Waals surface area contributed by atoms with Gasteiger partial charge in [0.25, 0.3) is 0 Å². The Hall–Kier alpha value is -5.78. The van der Waals surface area contributed by atoms with E-state index >= 15 is 0 Å². The summed E-state index contributed by atoms with van der Waals surface area (Å²) in [5.74, 6) is 14.5. The van der Waals surface area contributed by atoms with E-state index in [1.165, 1.54) is 122 Å². The number of unbranched alkanes of at least 4 members (excludes halogenated alkanes) is 6. The van der Waals surface area contributed by atoms with Crippen LogP contribution in [0.3, 0.4) is 0 Å². The molecule has 0 amide bonds. The quantitative estimate of drug-likeness (QED) is 0.0566. The zero-order valence-corrected chi connectivity index (χ0v) is 50.0. The fourth-order valence-corrected chi connectivity index (χ4v) is 16.4. The van der Waals surface area contributed by atoms with Gasteiger partial charge in [0, 0.05) is 74.9 Å². The molecule has 0 aliphatic rings. The molecule has 77 heavy (non-hydrogen) atoms. The SMILES string of the molecule is CCCCc1c(C#Cc2ccc(-c3ccccn3)nc2)sc(-c2ccc(-c3sc(-c4ccc(-c5sc(C#Cc6ccc(-c7ccccn7)nc6)c(CCCC)c5CCCC)s4)c(CCCC)c3CCCC)s2)c1CCCC. The summed E-state index contributed by atoms with van der Waals surface area (Å²) in [6.45, 7) is 13.9. The van der Waals surface area contributed by atoms with Gasteiger partial charge in [-0.25, -0.2) is 0 Å². The maximum absolute atomic E-state index is 4.74. The summed E-state index contributed by atoms with van der Waals surface area (Å²) in [5.41, 5.74) is 14.5. The molecule has 0 bridgehead atoms. The van der Waals surface area contributed by atoms with Crippen LogP contribution < -0.4 is 0 Å². The first-order chi connectivity index (χ1) is 37.9. The van der Waals surface area contributed by atoms with Crippen molar-refractivity contribution in [2.24, 2.45) is 0 Å². The second-order valence-corrected chi connectivity index (χ2v) is 25.1. The molecule has 0 aliphatic carbocycles. The van der Waals surface area contributed by atoms with Gasteiger partial charge in [0.1, 0.15) is 0 Å². The van der Waals surface area contributed by atoms with Crippen molar-refractivity contribution in [1.29, 1.82) is 0 Å². The highest BCUT2D eigenvalue weighted by Gasteiger charge is 2.26. The van der Waals surface area contributed by atoms with Gasteiger partial charge < -0.3 is 0 Å². The van der Waals surface area contributed by atoms with Crippen LogP contribution in [0.15, 0.2) is 110 Å². The highest BCUT2D eigenvalue weighted by Crippen LogP contribution is 2.52. The minimum absolute atomic E-state index is 0.864. The predicted octanol–water partition coefficient (Wildman–Crippen LogP) is 20.4. The van der Waals surface area contributed by atoms with Gasteiger partial charge in [0.05, 0.1) is 32.5 Å². The van der Waals surface area contributed by atoms with E-state index in [1.807, 2.05) is 119 Å². The van der Waals surface area contributed by atoms with Crippen molar-refractivity contribution in [2.45, 2.75) is 157 Å². The van der Waals surface area contributed by atoms with Crippen LogP contribution in [0.5, 0.6) is 0 Å². The summed E-state index contributed by atoms with van der Waals surface area (Å²) >= 11 is 9.90. The fourth-order valence-electron chi connectivity index (χ4n) is 9.89. The van der Waals surface area contributed by atoms with Gasteiger partial charge in [-0.1, -0.05) is 116 Å². The van der Waals surface area contributed by atoms with Crippen molar-refractivity contribution in [3.63, 3.8) is 0 Å². The molecule has 9 aromatic heterocycles. The summed E-state index contributed by atoms with van der Waals surface area (Å²) in [6.07, 6.45) is 28.0. The smallest absolute Gasteiger partial charge is 0.0887 e. The Morgan fingerprint density at radius 3 is 0.948 bits per heavy atom. The standard InChI is InChI=1S/C68H72N4S5/c1-7-13-23-49-51(25-15-9-3)65(75-59(49)37-33-47-31-35-57(71-45-47)55-29-19-21-43-69-55)61-39-41-63(73-61)67-53(27-17-11-5)54(28-18-12-6)68(77-67)64-42-40-62(74-64)66-52(26-16-10-4)50(24-14-8-2)60(76-66)38-34-48-32-36-58(72-46-48)56-30-20-22-44-70-56/h19-22,29-32,35-36,39-46H,7-18,23-28H2,1-6H3. The minimum Gasteiger partial charge on any atom is -0.255 e. The van der Waals surface area contributed by atoms with Crippen LogP contribution in [0.1, 0.15) is 173 Å². The average Bonchev–Trinajstić information content (AvgIpc) is 4.37. The molecule has 0 aliphatic heterocycles. The van der Waals surface area contributed by atoms with Crippen LogP contribution in [0.25, 0.3) is 61.8 Å². The maximum Gasteiger partial charge on any atom is 0.0887 e. The number of aromatic nitrogens is 4. The van der Waals surface area contributed by atoms with E-state index in [2.05, 4.69) is 123 Å². The minimum atomic E-state index is 0.864. The van der Waals surface area contributed by atoms with Crippen molar-refractivity contribution in [2.75, 3.05) is 0 Å². The van der Waals surface area contributed by atoms with E-state index in [9.17, 15) is 0 Å². The van der Waals surface area contributed by atoms with Gasteiger partial charge in [-0.2, -0.15) is 0 Å². The molecule has 4 nitrogen and oxygen atoms in total. The average molecular weight is 1110 g/mol. The van der Waals surface area contributed by atoms with Gasteiger partial charge in [-0.05, 0) is 183 Å². The van der Waals surface area contributed by atoms with Crippen molar-refractivity contribution < 1.29 is 0 Å². The van der Waals surface area contributed by atoms with Crippen molar-refractivity contribution >= 4 is 56.7 Å². The second kappa shape index (κ2) is 28.2. The summed E-state index contributed by atoms with van der Waals surface area (Å²) in [4.78, 5) is 32.3. The Labute approximate surface area is 479 Å². The van der Waals surface area contributed by atoms with E-state index in [0.29, 0.717) is 0 Å². The first-order valence-electron chi connectivity index (χ1n) is 28.4. The van der Waals surface area contributed by atoms with Gasteiger partial charge in [0.15, 0.2) is 0 Å². The number of thiophene rings is 5. The zero-order chi connectivity index (χ0) is 53.3. The Morgan fingerprint density at radius 2 is 0.636 bits per heavy atom. The van der Waals surface area contributed by atoms with Gasteiger partial charge >= 0.3 is 0 Å². The Balaban J connectivity index is 1.08. The lowest BCUT2D eigenvalue weighted by Crippen LogP contribution is -1.94. The van der Waals surface area contributed by atoms with Crippen LogP contribution in [0.4, 0.5) is 0 Å². The van der Waals surface area contributed by atoms with Crippen LogP contribution in [-0.4, -0.2) is 19.9 Å².